The lowest BCUT2D eigenvalue weighted by atomic mass is 10.2. The van der Waals surface area contributed by atoms with Crippen molar-refractivity contribution in [3.8, 4) is 0 Å². The summed E-state index contributed by atoms with van der Waals surface area (Å²) in [6, 6.07) is 14.5. The van der Waals surface area contributed by atoms with Gasteiger partial charge in [0.25, 0.3) is 5.91 Å². The highest BCUT2D eigenvalue weighted by atomic mass is 35.5. The van der Waals surface area contributed by atoms with Gasteiger partial charge in [0, 0.05) is 30.7 Å². The summed E-state index contributed by atoms with van der Waals surface area (Å²) < 4.78 is 0. The molecule has 3 aromatic rings. The third kappa shape index (κ3) is 3.40. The van der Waals surface area contributed by atoms with Crippen molar-refractivity contribution in [3.05, 3.63) is 59.2 Å². The Balaban J connectivity index is 1.81. The third-order valence-corrected chi connectivity index (χ3v) is 3.62. The van der Waals surface area contributed by atoms with Crippen LogP contribution in [0.5, 0.6) is 0 Å². The smallest absolute Gasteiger partial charge is 0.256 e. The fourth-order valence-electron chi connectivity index (χ4n) is 2.14. The van der Waals surface area contributed by atoms with Crippen LogP contribution in [0.3, 0.4) is 0 Å². The Labute approximate surface area is 138 Å². The highest BCUT2D eigenvalue weighted by molar-refractivity contribution is 6.29. The lowest BCUT2D eigenvalue weighted by Crippen LogP contribution is -2.14. The van der Waals surface area contributed by atoms with E-state index >= 15 is 0 Å². The Hall–Kier alpha value is -2.66. The number of fused-ring (bicyclic) bond motifs is 1. The summed E-state index contributed by atoms with van der Waals surface area (Å²) in [6.07, 6.45) is 0. The van der Waals surface area contributed by atoms with E-state index in [9.17, 15) is 4.79 Å². The van der Waals surface area contributed by atoms with E-state index in [2.05, 4.69) is 15.3 Å². The van der Waals surface area contributed by atoms with E-state index in [0.29, 0.717) is 22.2 Å². The van der Waals surface area contributed by atoms with E-state index < -0.39 is 0 Å². The minimum absolute atomic E-state index is 0.218. The standard InChI is InChI=1S/C17H15ClN4O/c1-22(2)13-7-3-12(4-8-13)17(23)21-15-10-6-11-5-9-14(18)19-16(11)20-15/h3-10H,1-2H3,(H,19,20,21,23). The average Bonchev–Trinajstić information content (AvgIpc) is 2.54. The van der Waals surface area contributed by atoms with Gasteiger partial charge in [-0.25, -0.2) is 9.97 Å². The minimum Gasteiger partial charge on any atom is -0.378 e. The van der Waals surface area contributed by atoms with E-state index in [1.807, 2.05) is 43.3 Å². The van der Waals surface area contributed by atoms with Crippen molar-refractivity contribution in [1.29, 1.82) is 0 Å². The van der Waals surface area contributed by atoms with Crippen LogP contribution in [-0.4, -0.2) is 30.0 Å². The highest BCUT2D eigenvalue weighted by Gasteiger charge is 2.08. The minimum atomic E-state index is -0.218. The summed E-state index contributed by atoms with van der Waals surface area (Å²) in [5, 5.41) is 4.00. The first-order valence-corrected chi connectivity index (χ1v) is 7.43. The van der Waals surface area contributed by atoms with Crippen molar-refractivity contribution in [3.63, 3.8) is 0 Å². The number of carbonyl (C=O) groups is 1. The molecule has 2 heterocycles. The molecule has 0 aliphatic rings. The van der Waals surface area contributed by atoms with Gasteiger partial charge in [0.05, 0.1) is 0 Å². The summed E-state index contributed by atoms with van der Waals surface area (Å²) in [5.41, 5.74) is 2.10. The van der Waals surface area contributed by atoms with Crippen molar-refractivity contribution in [1.82, 2.24) is 9.97 Å². The molecule has 6 heteroatoms. The molecule has 3 rings (SSSR count). The molecule has 1 amide bonds. The highest BCUT2D eigenvalue weighted by Crippen LogP contribution is 2.17. The van der Waals surface area contributed by atoms with Gasteiger partial charge in [0.1, 0.15) is 11.0 Å². The van der Waals surface area contributed by atoms with Gasteiger partial charge in [-0.2, -0.15) is 0 Å². The number of rotatable bonds is 3. The number of nitrogens with one attached hydrogen (secondary N) is 1. The van der Waals surface area contributed by atoms with Gasteiger partial charge < -0.3 is 10.2 Å². The largest absolute Gasteiger partial charge is 0.378 e. The maximum atomic E-state index is 12.3. The molecule has 0 saturated carbocycles. The molecule has 1 aromatic carbocycles. The summed E-state index contributed by atoms with van der Waals surface area (Å²) in [6.45, 7) is 0. The molecule has 2 aromatic heterocycles. The maximum absolute atomic E-state index is 12.3. The van der Waals surface area contributed by atoms with Gasteiger partial charge in [0.2, 0.25) is 0 Å². The van der Waals surface area contributed by atoms with Gasteiger partial charge in [0.15, 0.2) is 5.65 Å². The Morgan fingerprint density at radius 3 is 2.39 bits per heavy atom. The van der Waals surface area contributed by atoms with Crippen LogP contribution in [0.1, 0.15) is 10.4 Å². The zero-order valence-corrected chi connectivity index (χ0v) is 13.5. The molecule has 0 fully saturated rings. The molecule has 0 aliphatic carbocycles. The number of halogens is 1. The number of benzene rings is 1. The molecule has 1 N–H and O–H groups in total. The van der Waals surface area contributed by atoms with Crippen LogP contribution < -0.4 is 10.2 Å². The predicted octanol–water partition coefficient (Wildman–Crippen LogP) is 3.60. The lowest BCUT2D eigenvalue weighted by molar-refractivity contribution is 0.102. The van der Waals surface area contributed by atoms with Crippen molar-refractivity contribution >= 4 is 40.0 Å². The number of pyridine rings is 2. The first kappa shape index (κ1) is 15.2. The topological polar surface area (TPSA) is 58.1 Å². The van der Waals surface area contributed by atoms with Crippen molar-refractivity contribution in [2.45, 2.75) is 0 Å². The Morgan fingerprint density at radius 1 is 1.00 bits per heavy atom. The Morgan fingerprint density at radius 2 is 1.70 bits per heavy atom. The molecule has 0 unspecified atom stereocenters. The van der Waals surface area contributed by atoms with Gasteiger partial charge in [-0.05, 0) is 48.5 Å². The van der Waals surface area contributed by atoms with Crippen LogP contribution in [0.15, 0.2) is 48.5 Å². The van der Waals surface area contributed by atoms with E-state index in [1.165, 1.54) is 0 Å². The van der Waals surface area contributed by atoms with Crippen molar-refractivity contribution in [2.24, 2.45) is 0 Å². The molecule has 5 nitrogen and oxygen atoms in total. The number of hydrogen-bond acceptors (Lipinski definition) is 4. The monoisotopic (exact) mass is 326 g/mol. The molecule has 0 bridgehead atoms. The maximum Gasteiger partial charge on any atom is 0.256 e. The molecule has 0 saturated heterocycles. The summed E-state index contributed by atoms with van der Waals surface area (Å²) in [5.74, 6) is 0.220. The van der Waals surface area contributed by atoms with Gasteiger partial charge >= 0.3 is 0 Å². The zero-order valence-electron chi connectivity index (χ0n) is 12.7. The fourth-order valence-corrected chi connectivity index (χ4v) is 2.29. The van der Waals surface area contributed by atoms with Crippen LogP contribution in [0.2, 0.25) is 5.15 Å². The van der Waals surface area contributed by atoms with Crippen LogP contribution >= 0.6 is 11.6 Å². The zero-order chi connectivity index (χ0) is 16.4. The van der Waals surface area contributed by atoms with E-state index in [4.69, 9.17) is 11.6 Å². The quantitative estimate of drug-likeness (QED) is 0.747. The van der Waals surface area contributed by atoms with Gasteiger partial charge in [-0.1, -0.05) is 11.6 Å². The van der Waals surface area contributed by atoms with Gasteiger partial charge in [-0.3, -0.25) is 4.79 Å². The molecule has 0 radical (unpaired) electrons. The van der Waals surface area contributed by atoms with E-state index in [1.54, 1.807) is 24.3 Å². The molecular formula is C17H15ClN4O. The molecule has 23 heavy (non-hydrogen) atoms. The number of anilines is 2. The second kappa shape index (κ2) is 6.22. The molecule has 116 valence electrons. The summed E-state index contributed by atoms with van der Waals surface area (Å²) in [4.78, 5) is 22.7. The molecule has 0 atom stereocenters. The third-order valence-electron chi connectivity index (χ3n) is 3.41. The molecule has 0 aliphatic heterocycles. The number of amides is 1. The average molecular weight is 327 g/mol. The SMILES string of the molecule is CN(C)c1ccc(C(=O)Nc2ccc3ccc(Cl)nc3n2)cc1. The van der Waals surface area contributed by atoms with Gasteiger partial charge in [-0.15, -0.1) is 0 Å². The van der Waals surface area contributed by atoms with E-state index in [-0.39, 0.29) is 5.91 Å². The Bertz CT molecular complexity index is 862. The molecular weight excluding hydrogens is 312 g/mol. The van der Waals surface area contributed by atoms with Crippen molar-refractivity contribution in [2.75, 3.05) is 24.3 Å². The van der Waals surface area contributed by atoms with E-state index in [0.717, 1.165) is 11.1 Å². The second-order valence-corrected chi connectivity index (χ2v) is 5.66. The predicted molar refractivity (Wildman–Crippen MR) is 93.3 cm³/mol. The summed E-state index contributed by atoms with van der Waals surface area (Å²) in [7, 11) is 3.90. The van der Waals surface area contributed by atoms with Crippen molar-refractivity contribution < 1.29 is 4.79 Å². The molecule has 0 spiro atoms. The van der Waals surface area contributed by atoms with Crippen LogP contribution in [-0.2, 0) is 0 Å². The second-order valence-electron chi connectivity index (χ2n) is 5.27. The number of nitrogens with zero attached hydrogens (tertiary/aromatic N) is 3. The first-order valence-electron chi connectivity index (χ1n) is 7.05. The number of aromatic nitrogens is 2. The van der Waals surface area contributed by atoms with Crippen LogP contribution in [0.25, 0.3) is 11.0 Å². The first-order chi connectivity index (χ1) is 11.0. The normalized spacial score (nSPS) is 10.6. The fraction of sp³-hybridized carbons (Fsp3) is 0.118. The Kier molecular flexibility index (Phi) is 4.12. The summed E-state index contributed by atoms with van der Waals surface area (Å²) >= 11 is 5.87. The van der Waals surface area contributed by atoms with Crippen LogP contribution in [0.4, 0.5) is 11.5 Å². The van der Waals surface area contributed by atoms with Crippen LogP contribution in [0, 0.1) is 0 Å². The lowest BCUT2D eigenvalue weighted by Gasteiger charge is -2.12. The number of hydrogen-bond donors (Lipinski definition) is 1. The number of carbonyl (C=O) groups excluding carboxylic acids is 1.